The fraction of sp³-hybridized carbons (Fsp3) is 0.214. The zero-order valence-corrected chi connectivity index (χ0v) is 9.74. The Morgan fingerprint density at radius 3 is 2.82 bits per heavy atom. The summed E-state index contributed by atoms with van der Waals surface area (Å²) < 4.78 is 10.5. The molecule has 0 saturated heterocycles. The van der Waals surface area contributed by atoms with Crippen LogP contribution in [0, 0.1) is 26.2 Å². The maximum atomic E-state index is 11.2. The van der Waals surface area contributed by atoms with Crippen LogP contribution in [0.5, 0.6) is 5.75 Å². The van der Waals surface area contributed by atoms with Crippen LogP contribution in [0.3, 0.4) is 0 Å². The SMILES string of the molecule is C#CCOc1cc2oc(=O)ccc2c(C)c1C. The van der Waals surface area contributed by atoms with Crippen LogP contribution in [0.2, 0.25) is 0 Å². The van der Waals surface area contributed by atoms with Gasteiger partial charge in [0.1, 0.15) is 17.9 Å². The number of fused-ring (bicyclic) bond motifs is 1. The van der Waals surface area contributed by atoms with Gasteiger partial charge in [-0.2, -0.15) is 0 Å². The van der Waals surface area contributed by atoms with Gasteiger partial charge in [-0.25, -0.2) is 4.79 Å². The van der Waals surface area contributed by atoms with Crippen LogP contribution in [-0.2, 0) is 0 Å². The van der Waals surface area contributed by atoms with Gasteiger partial charge in [0.25, 0.3) is 0 Å². The second-order valence-corrected chi connectivity index (χ2v) is 3.78. The molecule has 2 aromatic rings. The molecule has 0 atom stereocenters. The summed E-state index contributed by atoms with van der Waals surface area (Å²) >= 11 is 0. The highest BCUT2D eigenvalue weighted by Crippen LogP contribution is 2.29. The molecule has 2 rings (SSSR count). The quantitative estimate of drug-likeness (QED) is 0.585. The third kappa shape index (κ3) is 2.02. The summed E-state index contributed by atoms with van der Waals surface area (Å²) in [7, 11) is 0. The Morgan fingerprint density at radius 2 is 2.12 bits per heavy atom. The lowest BCUT2D eigenvalue weighted by Gasteiger charge is -2.11. The van der Waals surface area contributed by atoms with Crippen LogP contribution >= 0.6 is 0 Å². The van der Waals surface area contributed by atoms with Gasteiger partial charge in [-0.15, -0.1) is 6.42 Å². The van der Waals surface area contributed by atoms with Gasteiger partial charge in [-0.3, -0.25) is 0 Å². The van der Waals surface area contributed by atoms with Crippen LogP contribution in [0.25, 0.3) is 11.0 Å². The van der Waals surface area contributed by atoms with E-state index in [-0.39, 0.29) is 12.2 Å². The molecule has 1 aromatic heterocycles. The molecule has 0 bridgehead atoms. The highest BCUT2D eigenvalue weighted by Gasteiger charge is 2.09. The van der Waals surface area contributed by atoms with Gasteiger partial charge >= 0.3 is 5.63 Å². The fourth-order valence-electron chi connectivity index (χ4n) is 1.73. The van der Waals surface area contributed by atoms with E-state index >= 15 is 0 Å². The monoisotopic (exact) mass is 228 g/mol. The standard InChI is InChI=1S/C14H12O3/c1-4-7-16-12-8-13-11(9(2)10(12)3)5-6-14(15)17-13/h1,5-6,8H,7H2,2-3H3. The third-order valence-electron chi connectivity index (χ3n) is 2.77. The first-order chi connectivity index (χ1) is 8.13. The van der Waals surface area contributed by atoms with Crippen LogP contribution in [0.15, 0.2) is 27.4 Å². The summed E-state index contributed by atoms with van der Waals surface area (Å²) in [5.41, 5.74) is 2.18. The van der Waals surface area contributed by atoms with Crippen molar-refractivity contribution in [2.24, 2.45) is 0 Å². The van der Waals surface area contributed by atoms with E-state index in [2.05, 4.69) is 5.92 Å². The first-order valence-corrected chi connectivity index (χ1v) is 5.24. The Bertz CT molecular complexity index is 659. The lowest BCUT2D eigenvalue weighted by molar-refractivity contribution is 0.367. The van der Waals surface area contributed by atoms with Crippen LogP contribution in [-0.4, -0.2) is 6.61 Å². The molecule has 86 valence electrons. The molecule has 0 spiro atoms. The predicted octanol–water partition coefficient (Wildman–Crippen LogP) is 2.42. The van der Waals surface area contributed by atoms with Gasteiger partial charge in [0, 0.05) is 17.5 Å². The van der Waals surface area contributed by atoms with E-state index in [4.69, 9.17) is 15.6 Å². The molecular formula is C14H12O3. The lowest BCUT2D eigenvalue weighted by Crippen LogP contribution is -2.00. The number of benzene rings is 1. The minimum Gasteiger partial charge on any atom is -0.481 e. The van der Waals surface area contributed by atoms with Gasteiger partial charge in [-0.05, 0) is 31.0 Å². The second kappa shape index (κ2) is 4.34. The zero-order chi connectivity index (χ0) is 12.4. The summed E-state index contributed by atoms with van der Waals surface area (Å²) in [5, 5.41) is 0.912. The molecule has 17 heavy (non-hydrogen) atoms. The highest BCUT2D eigenvalue weighted by atomic mass is 16.5. The van der Waals surface area contributed by atoms with E-state index in [0.29, 0.717) is 11.3 Å². The Hall–Kier alpha value is -2.21. The number of ether oxygens (including phenoxy) is 1. The van der Waals surface area contributed by atoms with E-state index in [1.54, 1.807) is 12.1 Å². The molecule has 0 aliphatic heterocycles. The van der Waals surface area contributed by atoms with Gasteiger partial charge in [0.2, 0.25) is 0 Å². The Kier molecular flexibility index (Phi) is 2.88. The minimum atomic E-state index is -0.372. The van der Waals surface area contributed by atoms with Crippen molar-refractivity contribution in [3.63, 3.8) is 0 Å². The minimum absolute atomic E-state index is 0.197. The van der Waals surface area contributed by atoms with Crippen LogP contribution in [0.1, 0.15) is 11.1 Å². The summed E-state index contributed by atoms with van der Waals surface area (Å²) in [4.78, 5) is 11.2. The van der Waals surface area contributed by atoms with Gasteiger partial charge in [0.15, 0.2) is 0 Å². The smallest absolute Gasteiger partial charge is 0.336 e. The summed E-state index contributed by atoms with van der Waals surface area (Å²) in [6.07, 6.45) is 5.15. The Balaban J connectivity index is 2.67. The fourth-order valence-corrected chi connectivity index (χ4v) is 1.73. The Morgan fingerprint density at radius 1 is 1.35 bits per heavy atom. The average molecular weight is 228 g/mol. The van der Waals surface area contributed by atoms with Gasteiger partial charge in [-0.1, -0.05) is 5.92 Å². The number of hydrogen-bond acceptors (Lipinski definition) is 3. The molecule has 1 aromatic carbocycles. The van der Waals surface area contributed by atoms with E-state index in [1.165, 1.54) is 6.07 Å². The molecule has 0 N–H and O–H groups in total. The summed E-state index contributed by atoms with van der Waals surface area (Å²) in [5.74, 6) is 3.06. The molecular weight excluding hydrogens is 216 g/mol. The lowest BCUT2D eigenvalue weighted by atomic mass is 10.0. The van der Waals surface area contributed by atoms with Crippen molar-refractivity contribution in [2.75, 3.05) is 6.61 Å². The number of hydrogen-bond donors (Lipinski definition) is 0. The van der Waals surface area contributed by atoms with Crippen molar-refractivity contribution in [1.82, 2.24) is 0 Å². The van der Waals surface area contributed by atoms with E-state index in [1.807, 2.05) is 13.8 Å². The zero-order valence-electron chi connectivity index (χ0n) is 9.74. The maximum absolute atomic E-state index is 11.2. The molecule has 0 saturated carbocycles. The number of rotatable bonds is 2. The van der Waals surface area contributed by atoms with Crippen LogP contribution in [0.4, 0.5) is 0 Å². The van der Waals surface area contributed by atoms with Crippen molar-refractivity contribution in [2.45, 2.75) is 13.8 Å². The normalized spacial score (nSPS) is 10.2. The number of aryl methyl sites for hydroxylation is 1. The summed E-state index contributed by atoms with van der Waals surface area (Å²) in [6.45, 7) is 4.11. The second-order valence-electron chi connectivity index (χ2n) is 3.78. The first-order valence-electron chi connectivity index (χ1n) is 5.24. The van der Waals surface area contributed by atoms with Crippen molar-refractivity contribution in [1.29, 1.82) is 0 Å². The highest BCUT2D eigenvalue weighted by molar-refractivity contribution is 5.83. The van der Waals surface area contributed by atoms with Gasteiger partial charge < -0.3 is 9.15 Å². The van der Waals surface area contributed by atoms with Crippen molar-refractivity contribution < 1.29 is 9.15 Å². The van der Waals surface area contributed by atoms with Crippen molar-refractivity contribution in [3.05, 3.63) is 39.7 Å². The topological polar surface area (TPSA) is 39.4 Å². The van der Waals surface area contributed by atoms with Crippen molar-refractivity contribution >= 4 is 11.0 Å². The van der Waals surface area contributed by atoms with E-state index < -0.39 is 0 Å². The molecule has 0 fully saturated rings. The first kappa shape index (κ1) is 11.3. The third-order valence-corrected chi connectivity index (χ3v) is 2.77. The van der Waals surface area contributed by atoms with E-state index in [9.17, 15) is 4.79 Å². The molecule has 0 unspecified atom stereocenters. The molecule has 0 amide bonds. The molecule has 0 radical (unpaired) electrons. The average Bonchev–Trinajstić information content (AvgIpc) is 2.31. The van der Waals surface area contributed by atoms with Gasteiger partial charge in [0.05, 0.1) is 0 Å². The molecule has 1 heterocycles. The Labute approximate surface area is 99.0 Å². The largest absolute Gasteiger partial charge is 0.481 e. The van der Waals surface area contributed by atoms with Crippen molar-refractivity contribution in [3.8, 4) is 18.1 Å². The summed E-state index contributed by atoms with van der Waals surface area (Å²) in [6, 6.07) is 4.88. The number of terminal acetylenes is 1. The van der Waals surface area contributed by atoms with E-state index in [0.717, 1.165) is 16.5 Å². The van der Waals surface area contributed by atoms with Crippen LogP contribution < -0.4 is 10.4 Å². The molecule has 3 nitrogen and oxygen atoms in total. The maximum Gasteiger partial charge on any atom is 0.336 e. The predicted molar refractivity (Wildman–Crippen MR) is 66.3 cm³/mol. The molecule has 0 aliphatic carbocycles. The molecule has 3 heteroatoms. The molecule has 0 aliphatic rings.